The quantitative estimate of drug-likeness (QED) is 0.651. The molecule has 0 unspecified atom stereocenters. The van der Waals surface area contributed by atoms with Crippen molar-refractivity contribution in [2.45, 2.75) is 39.4 Å². The van der Waals surface area contributed by atoms with Crippen LogP contribution >= 0.6 is 0 Å². The molecule has 0 bridgehead atoms. The van der Waals surface area contributed by atoms with Gasteiger partial charge in [0.05, 0.1) is 11.1 Å². The molecule has 17 heavy (non-hydrogen) atoms. The molecule has 0 atom stereocenters. The number of benzene rings is 1. The van der Waals surface area contributed by atoms with Gasteiger partial charge in [0.1, 0.15) is 0 Å². The first kappa shape index (κ1) is 13.7. The Bertz CT molecular complexity index is 425. The van der Waals surface area contributed by atoms with Crippen LogP contribution in [0, 0.1) is 0 Å². The van der Waals surface area contributed by atoms with E-state index in [0.717, 1.165) is 12.1 Å². The zero-order chi connectivity index (χ0) is 13.3. The molecule has 0 N–H and O–H groups in total. The zero-order valence-corrected chi connectivity index (χ0v) is 10.4. The smallest absolute Gasteiger partial charge is 0.284 e. The summed E-state index contributed by atoms with van der Waals surface area (Å²) in [6, 6.07) is 5.23. The number of hydrogen-bond acceptors (Lipinski definition) is 1. The fourth-order valence-electron chi connectivity index (χ4n) is 1.49. The summed E-state index contributed by atoms with van der Waals surface area (Å²) in [6.45, 7) is 7.44. The minimum absolute atomic E-state index is 0.293. The molecule has 0 saturated heterocycles. The van der Waals surface area contributed by atoms with Gasteiger partial charge >= 0.3 is 6.18 Å². The predicted octanol–water partition coefficient (Wildman–Crippen LogP) is 4.31. The van der Waals surface area contributed by atoms with Crippen LogP contribution in [0.25, 0.3) is 0 Å². The van der Waals surface area contributed by atoms with Crippen molar-refractivity contribution in [2.24, 2.45) is 4.99 Å². The molecule has 1 rings (SSSR count). The number of hydrogen-bond donors (Lipinski definition) is 0. The molecule has 0 aliphatic carbocycles. The third-order valence-corrected chi connectivity index (χ3v) is 2.11. The Kier molecular flexibility index (Phi) is 3.65. The summed E-state index contributed by atoms with van der Waals surface area (Å²) < 4.78 is 37.6. The van der Waals surface area contributed by atoms with E-state index in [1.54, 1.807) is 13.0 Å². The molecule has 1 nitrogen and oxygen atoms in total. The Hall–Kier alpha value is -1.32. The van der Waals surface area contributed by atoms with Gasteiger partial charge in [-0.3, -0.25) is 4.99 Å². The van der Waals surface area contributed by atoms with E-state index in [1.807, 2.05) is 20.8 Å². The van der Waals surface area contributed by atoms with E-state index in [-0.39, 0.29) is 5.54 Å². The fourth-order valence-corrected chi connectivity index (χ4v) is 1.49. The van der Waals surface area contributed by atoms with Gasteiger partial charge in [-0.05, 0) is 45.4 Å². The van der Waals surface area contributed by atoms with Crippen LogP contribution in [0.3, 0.4) is 0 Å². The van der Waals surface area contributed by atoms with E-state index in [0.29, 0.717) is 11.3 Å². The van der Waals surface area contributed by atoms with E-state index >= 15 is 0 Å². The number of aliphatic imine (C=N–C) groups is 1. The van der Waals surface area contributed by atoms with Gasteiger partial charge in [-0.1, -0.05) is 12.1 Å². The van der Waals surface area contributed by atoms with Crippen molar-refractivity contribution in [3.63, 3.8) is 0 Å². The first-order valence-electron chi connectivity index (χ1n) is 5.34. The summed E-state index contributed by atoms with van der Waals surface area (Å²) in [7, 11) is 0. The maximum Gasteiger partial charge on any atom is 0.416 e. The Morgan fingerprint density at radius 2 is 1.71 bits per heavy atom. The second-order valence-electron chi connectivity index (χ2n) is 4.95. The molecule has 1 aromatic rings. The van der Waals surface area contributed by atoms with Crippen LogP contribution in [-0.2, 0) is 6.18 Å². The summed E-state index contributed by atoms with van der Waals surface area (Å²) in [4.78, 5) is 4.35. The van der Waals surface area contributed by atoms with E-state index in [2.05, 4.69) is 4.99 Å². The fraction of sp³-hybridized carbons (Fsp3) is 0.462. The van der Waals surface area contributed by atoms with Gasteiger partial charge in [-0.25, -0.2) is 0 Å². The maximum atomic E-state index is 12.5. The highest BCUT2D eigenvalue weighted by Gasteiger charge is 2.30. The SMILES string of the molecule is C/C(=N/C(C)(C)C)c1cccc(C(F)(F)F)c1. The summed E-state index contributed by atoms with van der Waals surface area (Å²) in [5, 5.41) is 0. The molecule has 0 aromatic heterocycles. The van der Waals surface area contributed by atoms with Crippen LogP contribution in [0.15, 0.2) is 29.3 Å². The lowest BCUT2D eigenvalue weighted by atomic mass is 10.1. The van der Waals surface area contributed by atoms with Crippen molar-refractivity contribution in [1.29, 1.82) is 0 Å². The number of nitrogens with zero attached hydrogens (tertiary/aromatic N) is 1. The topological polar surface area (TPSA) is 12.4 Å². The van der Waals surface area contributed by atoms with Crippen LogP contribution in [0.1, 0.15) is 38.8 Å². The lowest BCUT2D eigenvalue weighted by Gasteiger charge is -2.15. The molecule has 0 aliphatic rings. The Labute approximate surface area is 99.4 Å². The number of alkyl halides is 3. The molecule has 0 spiro atoms. The monoisotopic (exact) mass is 243 g/mol. The molecule has 1 aromatic carbocycles. The Morgan fingerprint density at radius 3 is 2.18 bits per heavy atom. The van der Waals surface area contributed by atoms with Crippen LogP contribution < -0.4 is 0 Å². The van der Waals surface area contributed by atoms with Crippen molar-refractivity contribution >= 4 is 5.71 Å². The Balaban J connectivity index is 3.13. The van der Waals surface area contributed by atoms with E-state index < -0.39 is 11.7 Å². The van der Waals surface area contributed by atoms with Gasteiger partial charge in [0, 0.05) is 5.71 Å². The predicted molar refractivity (Wildman–Crippen MR) is 63.4 cm³/mol. The van der Waals surface area contributed by atoms with Gasteiger partial charge in [0.15, 0.2) is 0 Å². The number of halogens is 3. The lowest BCUT2D eigenvalue weighted by Crippen LogP contribution is -2.14. The largest absolute Gasteiger partial charge is 0.416 e. The highest BCUT2D eigenvalue weighted by Crippen LogP contribution is 2.29. The first-order valence-corrected chi connectivity index (χ1v) is 5.34. The second kappa shape index (κ2) is 4.51. The van der Waals surface area contributed by atoms with Gasteiger partial charge in [-0.2, -0.15) is 13.2 Å². The minimum atomic E-state index is -4.31. The van der Waals surface area contributed by atoms with Crippen molar-refractivity contribution in [3.05, 3.63) is 35.4 Å². The minimum Gasteiger partial charge on any atom is -0.284 e. The summed E-state index contributed by atoms with van der Waals surface area (Å²) in [5.74, 6) is 0. The third-order valence-electron chi connectivity index (χ3n) is 2.11. The maximum absolute atomic E-state index is 12.5. The molecule has 0 fully saturated rings. The van der Waals surface area contributed by atoms with Crippen LogP contribution in [0.2, 0.25) is 0 Å². The molecule has 0 radical (unpaired) electrons. The number of rotatable bonds is 1. The van der Waals surface area contributed by atoms with Crippen LogP contribution in [0.4, 0.5) is 13.2 Å². The van der Waals surface area contributed by atoms with Crippen LogP contribution in [-0.4, -0.2) is 11.3 Å². The summed E-state index contributed by atoms with van der Waals surface area (Å²) in [5.41, 5.74) is 0.190. The van der Waals surface area contributed by atoms with E-state index in [4.69, 9.17) is 0 Å². The molecule has 94 valence electrons. The summed E-state index contributed by atoms with van der Waals surface area (Å²) in [6.07, 6.45) is -4.31. The molecule has 4 heteroatoms. The van der Waals surface area contributed by atoms with E-state index in [9.17, 15) is 13.2 Å². The van der Waals surface area contributed by atoms with Crippen molar-refractivity contribution in [1.82, 2.24) is 0 Å². The van der Waals surface area contributed by atoms with Crippen LogP contribution in [0.5, 0.6) is 0 Å². The van der Waals surface area contributed by atoms with Crippen molar-refractivity contribution in [2.75, 3.05) is 0 Å². The standard InChI is InChI=1S/C13H16F3N/c1-9(17-12(2,3)4)10-6-5-7-11(8-10)13(14,15)16/h5-8H,1-4H3/b17-9-. The first-order chi connectivity index (χ1) is 7.59. The molecular weight excluding hydrogens is 227 g/mol. The third kappa shape index (κ3) is 4.21. The second-order valence-corrected chi connectivity index (χ2v) is 4.95. The Morgan fingerprint density at radius 1 is 1.12 bits per heavy atom. The molecular formula is C13H16F3N. The normalized spacial score (nSPS) is 13.9. The van der Waals surface area contributed by atoms with Gasteiger partial charge in [0.25, 0.3) is 0 Å². The lowest BCUT2D eigenvalue weighted by molar-refractivity contribution is -0.137. The van der Waals surface area contributed by atoms with Gasteiger partial charge < -0.3 is 0 Å². The molecule has 0 saturated carbocycles. The highest BCUT2D eigenvalue weighted by molar-refractivity contribution is 5.99. The average Bonchev–Trinajstić information content (AvgIpc) is 2.14. The summed E-state index contributed by atoms with van der Waals surface area (Å²) >= 11 is 0. The highest BCUT2D eigenvalue weighted by atomic mass is 19.4. The van der Waals surface area contributed by atoms with Gasteiger partial charge in [-0.15, -0.1) is 0 Å². The van der Waals surface area contributed by atoms with Crippen molar-refractivity contribution in [3.8, 4) is 0 Å². The molecule has 0 amide bonds. The van der Waals surface area contributed by atoms with Crippen molar-refractivity contribution < 1.29 is 13.2 Å². The van der Waals surface area contributed by atoms with E-state index in [1.165, 1.54) is 6.07 Å². The zero-order valence-electron chi connectivity index (χ0n) is 10.4. The molecule has 0 heterocycles. The average molecular weight is 243 g/mol. The van der Waals surface area contributed by atoms with Gasteiger partial charge in [0.2, 0.25) is 0 Å². The molecule has 0 aliphatic heterocycles.